The van der Waals surface area contributed by atoms with Crippen molar-refractivity contribution in [1.82, 2.24) is 5.32 Å². The van der Waals surface area contributed by atoms with Crippen LogP contribution in [0.15, 0.2) is 18.2 Å². The van der Waals surface area contributed by atoms with Gasteiger partial charge in [0.05, 0.1) is 13.0 Å². The van der Waals surface area contributed by atoms with Crippen LogP contribution in [0, 0.1) is 5.92 Å². The first-order valence-corrected chi connectivity index (χ1v) is 7.74. The van der Waals surface area contributed by atoms with Crippen LogP contribution in [-0.4, -0.2) is 36.2 Å². The fourth-order valence-corrected chi connectivity index (χ4v) is 2.76. The van der Waals surface area contributed by atoms with Gasteiger partial charge in [0, 0.05) is 0 Å². The van der Waals surface area contributed by atoms with E-state index in [1.54, 1.807) is 7.11 Å². The minimum absolute atomic E-state index is 0.243. The fraction of sp³-hybridized carbons (Fsp3) is 0.529. The Bertz CT molecular complexity index is 601. The van der Waals surface area contributed by atoms with Crippen molar-refractivity contribution in [1.29, 1.82) is 0 Å². The lowest BCUT2D eigenvalue weighted by Gasteiger charge is -2.30. The van der Waals surface area contributed by atoms with E-state index in [0.29, 0.717) is 25.0 Å². The highest BCUT2D eigenvalue weighted by molar-refractivity contribution is 5.88. The van der Waals surface area contributed by atoms with E-state index in [4.69, 9.17) is 9.47 Å². The highest BCUT2D eigenvalue weighted by Crippen LogP contribution is 2.31. The Morgan fingerprint density at radius 1 is 1.48 bits per heavy atom. The van der Waals surface area contributed by atoms with Gasteiger partial charge >= 0.3 is 5.97 Å². The Morgan fingerprint density at radius 3 is 2.83 bits per heavy atom. The van der Waals surface area contributed by atoms with Gasteiger partial charge in [0.1, 0.15) is 23.6 Å². The zero-order chi connectivity index (χ0) is 17.0. The van der Waals surface area contributed by atoms with Gasteiger partial charge in [-0.25, -0.2) is 4.79 Å². The van der Waals surface area contributed by atoms with E-state index in [-0.39, 0.29) is 12.5 Å². The molecule has 23 heavy (non-hydrogen) atoms. The van der Waals surface area contributed by atoms with Crippen LogP contribution in [0.1, 0.15) is 32.3 Å². The van der Waals surface area contributed by atoms with Crippen LogP contribution in [0.2, 0.25) is 0 Å². The molecule has 1 heterocycles. The smallest absolute Gasteiger partial charge is 0.329 e. The standard InChI is InChI=1S/C17H23NO5/c1-4-7-17(2,16(20)21)18-15(19)12-8-11-9-13(22-3)5-6-14(11)23-10-12/h5-6,9,12H,4,7-8,10H2,1-3H3,(H,18,19)(H,20,21). The number of carbonyl (C=O) groups excluding carboxylic acids is 1. The summed E-state index contributed by atoms with van der Waals surface area (Å²) < 4.78 is 10.8. The summed E-state index contributed by atoms with van der Waals surface area (Å²) >= 11 is 0. The van der Waals surface area contributed by atoms with E-state index < -0.39 is 17.4 Å². The van der Waals surface area contributed by atoms with Gasteiger partial charge in [-0.2, -0.15) is 0 Å². The molecule has 1 amide bonds. The summed E-state index contributed by atoms with van der Waals surface area (Å²) in [4.78, 5) is 23.9. The quantitative estimate of drug-likeness (QED) is 0.837. The van der Waals surface area contributed by atoms with Crippen molar-refractivity contribution in [2.24, 2.45) is 5.92 Å². The molecule has 2 unspecified atom stereocenters. The average Bonchev–Trinajstić information content (AvgIpc) is 2.53. The van der Waals surface area contributed by atoms with Crippen molar-refractivity contribution in [2.45, 2.75) is 38.6 Å². The summed E-state index contributed by atoms with van der Waals surface area (Å²) in [5, 5.41) is 12.0. The highest BCUT2D eigenvalue weighted by Gasteiger charge is 2.37. The summed E-state index contributed by atoms with van der Waals surface area (Å²) in [7, 11) is 1.58. The molecule has 1 aliphatic rings. The zero-order valence-electron chi connectivity index (χ0n) is 13.7. The molecule has 0 fully saturated rings. The van der Waals surface area contributed by atoms with Crippen LogP contribution in [0.3, 0.4) is 0 Å². The first-order valence-electron chi connectivity index (χ1n) is 7.74. The van der Waals surface area contributed by atoms with Crippen LogP contribution >= 0.6 is 0 Å². The number of carbonyl (C=O) groups is 2. The summed E-state index contributed by atoms with van der Waals surface area (Å²) in [6.45, 7) is 3.67. The number of fused-ring (bicyclic) bond motifs is 1. The molecule has 6 nitrogen and oxygen atoms in total. The van der Waals surface area contributed by atoms with Crippen molar-refractivity contribution < 1.29 is 24.2 Å². The molecular formula is C17H23NO5. The molecule has 0 bridgehead atoms. The summed E-state index contributed by atoms with van der Waals surface area (Å²) in [5.74, 6) is -0.285. The molecule has 0 saturated heterocycles. The fourth-order valence-electron chi connectivity index (χ4n) is 2.76. The van der Waals surface area contributed by atoms with Gasteiger partial charge in [-0.3, -0.25) is 4.79 Å². The summed E-state index contributed by atoms with van der Waals surface area (Å²) in [6, 6.07) is 5.47. The largest absolute Gasteiger partial charge is 0.497 e. The van der Waals surface area contributed by atoms with Crippen molar-refractivity contribution in [3.05, 3.63) is 23.8 Å². The second kappa shape index (κ2) is 6.89. The molecule has 1 aliphatic heterocycles. The number of carboxylic acid groups (broad SMARTS) is 1. The van der Waals surface area contributed by atoms with Gasteiger partial charge in [0.25, 0.3) is 0 Å². The molecule has 1 aromatic rings. The zero-order valence-corrected chi connectivity index (χ0v) is 13.7. The van der Waals surface area contributed by atoms with E-state index in [0.717, 1.165) is 11.3 Å². The third-order valence-electron chi connectivity index (χ3n) is 4.17. The van der Waals surface area contributed by atoms with Gasteiger partial charge in [0.2, 0.25) is 5.91 Å². The number of hydrogen-bond acceptors (Lipinski definition) is 4. The maximum absolute atomic E-state index is 12.5. The predicted octanol–water partition coefficient (Wildman–Crippen LogP) is 2.01. The Hall–Kier alpha value is -2.24. The van der Waals surface area contributed by atoms with Crippen LogP contribution in [0.25, 0.3) is 0 Å². The Morgan fingerprint density at radius 2 is 2.22 bits per heavy atom. The third kappa shape index (κ3) is 3.75. The number of hydrogen-bond donors (Lipinski definition) is 2. The number of rotatable bonds is 6. The van der Waals surface area contributed by atoms with Crippen LogP contribution in [0.5, 0.6) is 11.5 Å². The Labute approximate surface area is 135 Å². The van der Waals surface area contributed by atoms with E-state index in [2.05, 4.69) is 5.32 Å². The number of methoxy groups -OCH3 is 1. The van der Waals surface area contributed by atoms with Gasteiger partial charge in [-0.15, -0.1) is 0 Å². The normalized spacial score (nSPS) is 19.0. The maximum Gasteiger partial charge on any atom is 0.329 e. The number of benzene rings is 1. The minimum atomic E-state index is -1.25. The van der Waals surface area contributed by atoms with Crippen molar-refractivity contribution in [2.75, 3.05) is 13.7 Å². The van der Waals surface area contributed by atoms with E-state index >= 15 is 0 Å². The first kappa shape index (κ1) is 17.1. The maximum atomic E-state index is 12.5. The number of amides is 1. The van der Waals surface area contributed by atoms with Crippen molar-refractivity contribution in [3.63, 3.8) is 0 Å². The lowest BCUT2D eigenvalue weighted by atomic mass is 9.92. The molecule has 1 aromatic carbocycles. The first-order chi connectivity index (χ1) is 10.9. The van der Waals surface area contributed by atoms with Crippen LogP contribution in [-0.2, 0) is 16.0 Å². The topological polar surface area (TPSA) is 84.9 Å². The molecule has 2 atom stereocenters. The van der Waals surface area contributed by atoms with E-state index in [1.165, 1.54) is 6.92 Å². The van der Waals surface area contributed by atoms with Gasteiger partial charge in [0.15, 0.2) is 0 Å². The van der Waals surface area contributed by atoms with E-state index in [1.807, 2.05) is 25.1 Å². The molecular weight excluding hydrogens is 298 g/mol. The molecule has 126 valence electrons. The Balaban J connectivity index is 2.10. The minimum Gasteiger partial charge on any atom is -0.497 e. The Kier molecular flexibility index (Phi) is 5.13. The van der Waals surface area contributed by atoms with E-state index in [9.17, 15) is 14.7 Å². The lowest BCUT2D eigenvalue weighted by Crippen LogP contribution is -2.54. The number of carboxylic acids is 1. The van der Waals surface area contributed by atoms with Gasteiger partial charge < -0.3 is 19.9 Å². The van der Waals surface area contributed by atoms with Gasteiger partial charge in [-0.1, -0.05) is 13.3 Å². The lowest BCUT2D eigenvalue weighted by molar-refractivity contribution is -0.148. The summed E-state index contributed by atoms with van der Waals surface area (Å²) in [5.41, 5.74) is -0.358. The molecule has 0 saturated carbocycles. The molecule has 6 heteroatoms. The number of aliphatic carboxylic acids is 1. The molecule has 0 aromatic heterocycles. The molecule has 0 radical (unpaired) electrons. The predicted molar refractivity (Wildman–Crippen MR) is 84.8 cm³/mol. The summed E-state index contributed by atoms with van der Waals surface area (Å²) in [6.07, 6.45) is 1.55. The highest BCUT2D eigenvalue weighted by atomic mass is 16.5. The SMILES string of the molecule is CCCC(C)(NC(=O)C1COc2ccc(OC)cc2C1)C(=O)O. The molecule has 2 N–H and O–H groups in total. The average molecular weight is 321 g/mol. The molecule has 2 rings (SSSR count). The second-order valence-electron chi connectivity index (χ2n) is 6.06. The number of nitrogens with one attached hydrogen (secondary N) is 1. The monoisotopic (exact) mass is 321 g/mol. The molecule has 0 aliphatic carbocycles. The second-order valence-corrected chi connectivity index (χ2v) is 6.06. The van der Waals surface area contributed by atoms with Crippen molar-refractivity contribution in [3.8, 4) is 11.5 Å². The van der Waals surface area contributed by atoms with Crippen molar-refractivity contribution >= 4 is 11.9 Å². The number of ether oxygens (including phenoxy) is 2. The van der Waals surface area contributed by atoms with Crippen LogP contribution in [0.4, 0.5) is 0 Å². The van der Waals surface area contributed by atoms with Gasteiger partial charge in [-0.05, 0) is 43.5 Å². The van der Waals surface area contributed by atoms with Crippen LogP contribution < -0.4 is 14.8 Å². The molecule has 0 spiro atoms. The third-order valence-corrected chi connectivity index (χ3v) is 4.17.